The lowest BCUT2D eigenvalue weighted by molar-refractivity contribution is 0.556. The highest BCUT2D eigenvalue weighted by molar-refractivity contribution is 5.09. The van der Waals surface area contributed by atoms with Gasteiger partial charge in [-0.15, -0.1) is 0 Å². The van der Waals surface area contributed by atoms with E-state index in [1.807, 2.05) is 0 Å². The summed E-state index contributed by atoms with van der Waals surface area (Å²) in [4.78, 5) is 0. The Bertz CT molecular complexity index is 302. The van der Waals surface area contributed by atoms with Crippen molar-refractivity contribution in [2.75, 3.05) is 0 Å². The Morgan fingerprint density at radius 2 is 1.83 bits per heavy atom. The van der Waals surface area contributed by atoms with Crippen LogP contribution in [0.15, 0.2) is 18.5 Å². The molecule has 0 saturated carbocycles. The standard InChI is InChI=1S/C16H30N2/c1-4-5-6-7-8-9-11-18-12-10-16(14-18)13-17-15(2)3/h10,12,14-15,17H,4-9,11,13H2,1-3H3. The van der Waals surface area contributed by atoms with Gasteiger partial charge in [0.05, 0.1) is 0 Å². The molecule has 1 aromatic rings. The maximum absolute atomic E-state index is 3.45. The summed E-state index contributed by atoms with van der Waals surface area (Å²) in [5.74, 6) is 0. The van der Waals surface area contributed by atoms with Crippen molar-refractivity contribution in [2.24, 2.45) is 0 Å². The fourth-order valence-electron chi connectivity index (χ4n) is 2.13. The molecule has 0 atom stereocenters. The Labute approximate surface area is 113 Å². The van der Waals surface area contributed by atoms with Crippen molar-refractivity contribution in [3.05, 3.63) is 24.0 Å². The van der Waals surface area contributed by atoms with E-state index in [0.29, 0.717) is 6.04 Å². The molecule has 0 unspecified atom stereocenters. The first kappa shape index (κ1) is 15.3. The van der Waals surface area contributed by atoms with Crippen molar-refractivity contribution in [1.29, 1.82) is 0 Å². The van der Waals surface area contributed by atoms with E-state index in [1.54, 1.807) is 0 Å². The Kier molecular flexibility index (Phi) is 7.83. The maximum Gasteiger partial charge on any atom is 0.0222 e. The highest BCUT2D eigenvalue weighted by Crippen LogP contribution is 2.08. The topological polar surface area (TPSA) is 17.0 Å². The van der Waals surface area contributed by atoms with E-state index in [1.165, 1.54) is 50.6 Å². The minimum Gasteiger partial charge on any atom is -0.354 e. The second-order valence-corrected chi connectivity index (χ2v) is 5.56. The summed E-state index contributed by atoms with van der Waals surface area (Å²) in [6.07, 6.45) is 12.7. The Hall–Kier alpha value is -0.760. The van der Waals surface area contributed by atoms with Gasteiger partial charge >= 0.3 is 0 Å². The lowest BCUT2D eigenvalue weighted by Gasteiger charge is -2.06. The second-order valence-electron chi connectivity index (χ2n) is 5.56. The van der Waals surface area contributed by atoms with E-state index in [9.17, 15) is 0 Å². The molecule has 1 aromatic heterocycles. The first-order valence-electron chi connectivity index (χ1n) is 7.60. The number of nitrogens with zero attached hydrogens (tertiary/aromatic N) is 1. The molecule has 2 nitrogen and oxygen atoms in total. The fourth-order valence-corrected chi connectivity index (χ4v) is 2.13. The van der Waals surface area contributed by atoms with Crippen LogP contribution in [0, 0.1) is 0 Å². The maximum atomic E-state index is 3.45. The third kappa shape index (κ3) is 6.85. The molecule has 1 N–H and O–H groups in total. The average molecular weight is 250 g/mol. The first-order chi connectivity index (χ1) is 8.72. The van der Waals surface area contributed by atoms with Crippen molar-refractivity contribution < 1.29 is 0 Å². The minimum absolute atomic E-state index is 0.562. The number of unbranched alkanes of at least 4 members (excludes halogenated alkanes) is 5. The molecule has 0 bridgehead atoms. The molecule has 0 saturated heterocycles. The smallest absolute Gasteiger partial charge is 0.0222 e. The van der Waals surface area contributed by atoms with Gasteiger partial charge in [0.1, 0.15) is 0 Å². The van der Waals surface area contributed by atoms with E-state index in [0.717, 1.165) is 6.54 Å². The SMILES string of the molecule is CCCCCCCCn1ccc(CNC(C)C)c1. The summed E-state index contributed by atoms with van der Waals surface area (Å²) in [5, 5.41) is 3.45. The van der Waals surface area contributed by atoms with Gasteiger partial charge in [-0.2, -0.15) is 0 Å². The number of hydrogen-bond donors (Lipinski definition) is 1. The Morgan fingerprint density at radius 3 is 2.56 bits per heavy atom. The van der Waals surface area contributed by atoms with E-state index in [-0.39, 0.29) is 0 Å². The number of aromatic nitrogens is 1. The predicted octanol–water partition coefficient (Wildman–Crippen LogP) is 4.35. The molecule has 0 aromatic carbocycles. The van der Waals surface area contributed by atoms with Crippen LogP contribution in [0.5, 0.6) is 0 Å². The van der Waals surface area contributed by atoms with Gasteiger partial charge in [0.25, 0.3) is 0 Å². The molecular weight excluding hydrogens is 220 g/mol. The summed E-state index contributed by atoms with van der Waals surface area (Å²) >= 11 is 0. The van der Waals surface area contributed by atoms with Gasteiger partial charge in [-0.3, -0.25) is 0 Å². The first-order valence-corrected chi connectivity index (χ1v) is 7.60. The van der Waals surface area contributed by atoms with Gasteiger partial charge in [0, 0.05) is 31.5 Å². The highest BCUT2D eigenvalue weighted by Gasteiger charge is 1.98. The molecule has 2 heteroatoms. The molecule has 0 fully saturated rings. The van der Waals surface area contributed by atoms with Crippen LogP contribution >= 0.6 is 0 Å². The van der Waals surface area contributed by atoms with E-state index in [4.69, 9.17) is 0 Å². The van der Waals surface area contributed by atoms with E-state index in [2.05, 4.69) is 49.1 Å². The van der Waals surface area contributed by atoms with Crippen LogP contribution < -0.4 is 5.32 Å². The second kappa shape index (κ2) is 9.21. The fraction of sp³-hybridized carbons (Fsp3) is 0.750. The van der Waals surface area contributed by atoms with E-state index < -0.39 is 0 Å². The van der Waals surface area contributed by atoms with E-state index >= 15 is 0 Å². The van der Waals surface area contributed by atoms with Crippen LogP contribution in [0.4, 0.5) is 0 Å². The van der Waals surface area contributed by atoms with Gasteiger partial charge < -0.3 is 9.88 Å². The average Bonchev–Trinajstić information content (AvgIpc) is 2.79. The Balaban J connectivity index is 2.11. The van der Waals surface area contributed by atoms with Gasteiger partial charge in [-0.1, -0.05) is 52.9 Å². The molecule has 104 valence electrons. The summed E-state index contributed by atoms with van der Waals surface area (Å²) in [6, 6.07) is 2.79. The van der Waals surface area contributed by atoms with Gasteiger partial charge in [-0.25, -0.2) is 0 Å². The lowest BCUT2D eigenvalue weighted by atomic mass is 10.1. The number of nitrogens with one attached hydrogen (secondary N) is 1. The summed E-state index contributed by atoms with van der Waals surface area (Å²) in [5.41, 5.74) is 1.40. The molecule has 0 amide bonds. The number of rotatable bonds is 10. The minimum atomic E-state index is 0.562. The summed E-state index contributed by atoms with van der Waals surface area (Å²) in [6.45, 7) is 8.81. The van der Waals surface area contributed by atoms with Crippen LogP contribution in [-0.4, -0.2) is 10.6 Å². The molecule has 0 radical (unpaired) electrons. The molecule has 18 heavy (non-hydrogen) atoms. The third-order valence-electron chi connectivity index (χ3n) is 3.30. The van der Waals surface area contributed by atoms with Crippen LogP contribution in [-0.2, 0) is 13.1 Å². The van der Waals surface area contributed by atoms with Crippen molar-refractivity contribution in [3.8, 4) is 0 Å². The molecule has 1 rings (SSSR count). The summed E-state index contributed by atoms with van der Waals surface area (Å²) in [7, 11) is 0. The molecule has 0 aliphatic rings. The van der Waals surface area contributed by atoms with Crippen molar-refractivity contribution in [2.45, 2.75) is 78.4 Å². The van der Waals surface area contributed by atoms with Crippen LogP contribution in [0.3, 0.4) is 0 Å². The lowest BCUT2D eigenvalue weighted by Crippen LogP contribution is -2.21. The van der Waals surface area contributed by atoms with Crippen molar-refractivity contribution in [1.82, 2.24) is 9.88 Å². The van der Waals surface area contributed by atoms with Crippen LogP contribution in [0.2, 0.25) is 0 Å². The monoisotopic (exact) mass is 250 g/mol. The highest BCUT2D eigenvalue weighted by atomic mass is 14.9. The molecule has 0 aliphatic carbocycles. The zero-order chi connectivity index (χ0) is 13.2. The quantitative estimate of drug-likeness (QED) is 0.611. The van der Waals surface area contributed by atoms with Crippen LogP contribution in [0.25, 0.3) is 0 Å². The zero-order valence-electron chi connectivity index (χ0n) is 12.4. The van der Waals surface area contributed by atoms with Gasteiger partial charge in [0.2, 0.25) is 0 Å². The molecule has 0 aliphatic heterocycles. The number of aryl methyl sites for hydroxylation is 1. The largest absolute Gasteiger partial charge is 0.354 e. The predicted molar refractivity (Wildman–Crippen MR) is 79.8 cm³/mol. The van der Waals surface area contributed by atoms with Gasteiger partial charge in [0.15, 0.2) is 0 Å². The Morgan fingerprint density at radius 1 is 1.11 bits per heavy atom. The summed E-state index contributed by atoms with van der Waals surface area (Å²) < 4.78 is 2.33. The number of hydrogen-bond acceptors (Lipinski definition) is 1. The van der Waals surface area contributed by atoms with Crippen molar-refractivity contribution in [3.63, 3.8) is 0 Å². The molecule has 0 spiro atoms. The zero-order valence-corrected chi connectivity index (χ0v) is 12.4. The molecule has 1 heterocycles. The molecular formula is C16H30N2. The van der Waals surface area contributed by atoms with Gasteiger partial charge in [-0.05, 0) is 18.1 Å². The third-order valence-corrected chi connectivity index (χ3v) is 3.30. The van der Waals surface area contributed by atoms with Crippen molar-refractivity contribution >= 4 is 0 Å². The normalized spacial score (nSPS) is 11.3. The van der Waals surface area contributed by atoms with Crippen LogP contribution in [0.1, 0.15) is 64.9 Å².